The molecule has 0 spiro atoms. The van der Waals surface area contributed by atoms with Gasteiger partial charge >= 0.3 is 0 Å². The van der Waals surface area contributed by atoms with Gasteiger partial charge in [0.25, 0.3) is 5.91 Å². The second kappa shape index (κ2) is 3.94. The summed E-state index contributed by atoms with van der Waals surface area (Å²) in [5.74, 6) is 0.326. The molecule has 4 nitrogen and oxygen atoms in total. The highest BCUT2D eigenvalue weighted by Gasteiger charge is 2.37. The molecule has 0 saturated carbocycles. The Balaban J connectivity index is 2.21. The van der Waals surface area contributed by atoms with Crippen molar-refractivity contribution in [2.45, 2.75) is 32.4 Å². The molecule has 0 unspecified atom stereocenters. The zero-order valence-corrected chi connectivity index (χ0v) is 9.90. The largest absolute Gasteiger partial charge is 0.459 e. The highest BCUT2D eigenvalue weighted by Crippen LogP contribution is 2.24. The first-order valence-corrected chi connectivity index (χ1v) is 5.48. The second-order valence-electron chi connectivity index (χ2n) is 4.83. The summed E-state index contributed by atoms with van der Waals surface area (Å²) in [6.07, 6.45) is 1.59. The van der Waals surface area contributed by atoms with E-state index < -0.39 is 0 Å². The van der Waals surface area contributed by atoms with Crippen LogP contribution in [-0.2, 0) is 4.74 Å². The van der Waals surface area contributed by atoms with Crippen molar-refractivity contribution in [2.75, 3.05) is 13.2 Å². The van der Waals surface area contributed by atoms with Crippen LogP contribution in [0.1, 0.15) is 31.3 Å². The minimum Gasteiger partial charge on any atom is -0.459 e. The number of rotatable bonds is 1. The maximum absolute atomic E-state index is 12.2. The van der Waals surface area contributed by atoms with Crippen LogP contribution in [0.2, 0.25) is 0 Å². The Morgan fingerprint density at radius 1 is 1.56 bits per heavy atom. The van der Waals surface area contributed by atoms with Crippen molar-refractivity contribution in [3.05, 3.63) is 24.2 Å². The van der Waals surface area contributed by atoms with Crippen LogP contribution in [0.4, 0.5) is 0 Å². The van der Waals surface area contributed by atoms with Crippen molar-refractivity contribution in [2.24, 2.45) is 0 Å². The van der Waals surface area contributed by atoms with E-state index in [4.69, 9.17) is 9.15 Å². The Hall–Kier alpha value is -1.29. The van der Waals surface area contributed by atoms with Gasteiger partial charge < -0.3 is 14.1 Å². The summed E-state index contributed by atoms with van der Waals surface area (Å²) in [4.78, 5) is 14.0. The second-order valence-corrected chi connectivity index (χ2v) is 4.83. The van der Waals surface area contributed by atoms with Crippen molar-refractivity contribution in [3.63, 3.8) is 0 Å². The zero-order chi connectivity index (χ0) is 11.8. The van der Waals surface area contributed by atoms with Crippen molar-refractivity contribution < 1.29 is 13.9 Å². The van der Waals surface area contributed by atoms with Crippen molar-refractivity contribution in [3.8, 4) is 0 Å². The minimum absolute atomic E-state index is 0.0647. The SMILES string of the molecule is C[C@H]1CN(C(=O)c2ccco2)C(C)(C)CO1. The van der Waals surface area contributed by atoms with Gasteiger partial charge in [0.15, 0.2) is 5.76 Å². The molecule has 88 valence electrons. The van der Waals surface area contributed by atoms with Crippen LogP contribution in [0, 0.1) is 0 Å². The fourth-order valence-electron chi connectivity index (χ4n) is 1.87. The minimum atomic E-state index is -0.281. The molecule has 0 bridgehead atoms. The number of hydrogen-bond donors (Lipinski definition) is 0. The molecule has 16 heavy (non-hydrogen) atoms. The van der Waals surface area contributed by atoms with Crippen LogP contribution in [0.5, 0.6) is 0 Å². The van der Waals surface area contributed by atoms with Crippen molar-refractivity contribution in [1.29, 1.82) is 0 Å². The van der Waals surface area contributed by atoms with E-state index in [1.807, 2.05) is 25.7 Å². The van der Waals surface area contributed by atoms with Crippen LogP contribution in [0.3, 0.4) is 0 Å². The lowest BCUT2D eigenvalue weighted by atomic mass is 10.0. The molecule has 1 aliphatic heterocycles. The Bertz CT molecular complexity index is 370. The lowest BCUT2D eigenvalue weighted by molar-refractivity contribution is -0.0764. The van der Waals surface area contributed by atoms with Gasteiger partial charge in [0.05, 0.1) is 24.5 Å². The highest BCUT2D eigenvalue weighted by atomic mass is 16.5. The summed E-state index contributed by atoms with van der Waals surface area (Å²) < 4.78 is 10.7. The Labute approximate surface area is 95.2 Å². The number of morpholine rings is 1. The van der Waals surface area contributed by atoms with Gasteiger partial charge in [0, 0.05) is 6.54 Å². The smallest absolute Gasteiger partial charge is 0.290 e. The number of amides is 1. The van der Waals surface area contributed by atoms with Gasteiger partial charge in [-0.05, 0) is 32.9 Å². The molecule has 2 heterocycles. The van der Waals surface area contributed by atoms with Gasteiger partial charge in [-0.25, -0.2) is 0 Å². The van der Waals surface area contributed by atoms with Gasteiger partial charge in [-0.3, -0.25) is 4.79 Å². The molecule has 1 saturated heterocycles. The molecule has 1 aromatic heterocycles. The third-order valence-corrected chi connectivity index (χ3v) is 2.87. The monoisotopic (exact) mass is 223 g/mol. The molecular weight excluding hydrogens is 206 g/mol. The summed E-state index contributed by atoms with van der Waals surface area (Å²) in [5, 5.41) is 0. The van der Waals surface area contributed by atoms with Crippen LogP contribution in [0.15, 0.2) is 22.8 Å². The van der Waals surface area contributed by atoms with E-state index >= 15 is 0 Å². The average Bonchev–Trinajstić information content (AvgIpc) is 2.74. The van der Waals surface area contributed by atoms with Gasteiger partial charge in [0.1, 0.15) is 0 Å². The predicted molar refractivity (Wildman–Crippen MR) is 59.2 cm³/mol. The van der Waals surface area contributed by atoms with Gasteiger partial charge in [-0.1, -0.05) is 0 Å². The lowest BCUT2D eigenvalue weighted by Crippen LogP contribution is -2.57. The fraction of sp³-hybridized carbons (Fsp3) is 0.583. The third kappa shape index (κ3) is 1.97. The van der Waals surface area contributed by atoms with E-state index in [0.29, 0.717) is 18.9 Å². The summed E-state index contributed by atoms with van der Waals surface area (Å²) in [6.45, 7) is 7.13. The Kier molecular flexibility index (Phi) is 2.76. The van der Waals surface area contributed by atoms with Crippen LogP contribution < -0.4 is 0 Å². The number of ether oxygens (including phenoxy) is 1. The predicted octanol–water partition coefficient (Wildman–Crippen LogP) is 1.92. The first-order valence-electron chi connectivity index (χ1n) is 5.48. The van der Waals surface area contributed by atoms with E-state index in [-0.39, 0.29) is 17.6 Å². The zero-order valence-electron chi connectivity index (χ0n) is 9.90. The number of nitrogens with zero attached hydrogens (tertiary/aromatic N) is 1. The molecule has 0 N–H and O–H groups in total. The lowest BCUT2D eigenvalue weighted by Gasteiger charge is -2.44. The van der Waals surface area contributed by atoms with Crippen LogP contribution in [-0.4, -0.2) is 35.6 Å². The van der Waals surface area contributed by atoms with Gasteiger partial charge in [0.2, 0.25) is 0 Å². The normalized spacial score (nSPS) is 24.4. The van der Waals surface area contributed by atoms with Crippen LogP contribution >= 0.6 is 0 Å². The molecular formula is C12H17NO3. The van der Waals surface area contributed by atoms with Gasteiger partial charge in [-0.2, -0.15) is 0 Å². The summed E-state index contributed by atoms with van der Waals surface area (Å²) in [7, 11) is 0. The quantitative estimate of drug-likeness (QED) is 0.730. The maximum atomic E-state index is 12.2. The molecule has 0 aliphatic carbocycles. The molecule has 1 aromatic rings. The van der Waals surface area contributed by atoms with E-state index in [9.17, 15) is 4.79 Å². The van der Waals surface area contributed by atoms with E-state index in [2.05, 4.69) is 0 Å². The van der Waals surface area contributed by atoms with Crippen LogP contribution in [0.25, 0.3) is 0 Å². The Morgan fingerprint density at radius 3 is 2.94 bits per heavy atom. The third-order valence-electron chi connectivity index (χ3n) is 2.87. The topological polar surface area (TPSA) is 42.7 Å². The van der Waals surface area contributed by atoms with Gasteiger partial charge in [-0.15, -0.1) is 0 Å². The number of carbonyl (C=O) groups is 1. The average molecular weight is 223 g/mol. The van der Waals surface area contributed by atoms with Crippen molar-refractivity contribution in [1.82, 2.24) is 4.90 Å². The molecule has 0 radical (unpaired) electrons. The molecule has 1 amide bonds. The number of carbonyl (C=O) groups excluding carboxylic acids is 1. The molecule has 1 atom stereocenters. The van der Waals surface area contributed by atoms with E-state index in [0.717, 1.165) is 0 Å². The first-order chi connectivity index (χ1) is 7.50. The maximum Gasteiger partial charge on any atom is 0.290 e. The number of hydrogen-bond acceptors (Lipinski definition) is 3. The summed E-state index contributed by atoms with van der Waals surface area (Å²) in [5.41, 5.74) is -0.281. The molecule has 1 fully saturated rings. The summed E-state index contributed by atoms with van der Waals surface area (Å²) >= 11 is 0. The summed E-state index contributed by atoms with van der Waals surface area (Å²) in [6, 6.07) is 3.42. The molecule has 1 aliphatic rings. The first kappa shape index (κ1) is 11.2. The van der Waals surface area contributed by atoms with E-state index in [1.165, 1.54) is 6.26 Å². The molecule has 0 aromatic carbocycles. The highest BCUT2D eigenvalue weighted by molar-refractivity contribution is 5.92. The molecule has 2 rings (SSSR count). The standard InChI is InChI=1S/C12H17NO3/c1-9-7-13(12(2,3)8-16-9)11(14)10-5-4-6-15-10/h4-6,9H,7-8H2,1-3H3/t9-/m0/s1. The Morgan fingerprint density at radius 2 is 2.31 bits per heavy atom. The number of furan rings is 1. The van der Waals surface area contributed by atoms with Crippen molar-refractivity contribution >= 4 is 5.91 Å². The fourth-order valence-corrected chi connectivity index (χ4v) is 1.87. The molecule has 4 heteroatoms. The van der Waals surface area contributed by atoms with E-state index in [1.54, 1.807) is 12.1 Å².